The van der Waals surface area contributed by atoms with Crippen molar-refractivity contribution >= 4 is 0 Å². The molecule has 0 saturated carbocycles. The van der Waals surface area contributed by atoms with Gasteiger partial charge in [0.1, 0.15) is 0 Å². The Labute approximate surface area is 84.1 Å². The summed E-state index contributed by atoms with van der Waals surface area (Å²) in [5.41, 5.74) is 7.00. The van der Waals surface area contributed by atoms with Crippen LogP contribution in [0, 0.1) is 0 Å². The normalized spacial score (nSPS) is 28.1. The molecule has 1 heterocycles. The molecular formula is C11H16N2O. The van der Waals surface area contributed by atoms with Crippen molar-refractivity contribution < 1.29 is 5.11 Å². The molecule has 3 N–H and O–H groups in total. The molecule has 1 saturated heterocycles. The van der Waals surface area contributed by atoms with E-state index in [1.54, 1.807) is 0 Å². The first-order valence-electron chi connectivity index (χ1n) is 4.95. The van der Waals surface area contributed by atoms with Gasteiger partial charge in [-0.15, -0.1) is 0 Å². The fourth-order valence-corrected chi connectivity index (χ4v) is 1.87. The fraction of sp³-hybridized carbons (Fsp3) is 0.455. The van der Waals surface area contributed by atoms with Crippen molar-refractivity contribution in [3.8, 4) is 0 Å². The highest BCUT2D eigenvalue weighted by Gasteiger charge is 2.27. The molecule has 3 heteroatoms. The second-order valence-corrected chi connectivity index (χ2v) is 3.91. The topological polar surface area (TPSA) is 49.5 Å². The molecule has 2 unspecified atom stereocenters. The highest BCUT2D eigenvalue weighted by atomic mass is 16.3. The molecule has 2 rings (SSSR count). The highest BCUT2D eigenvalue weighted by Crippen LogP contribution is 2.12. The summed E-state index contributed by atoms with van der Waals surface area (Å²) >= 11 is 0. The van der Waals surface area contributed by atoms with E-state index < -0.39 is 0 Å². The van der Waals surface area contributed by atoms with Crippen LogP contribution in [-0.4, -0.2) is 35.2 Å². The number of nitrogens with two attached hydrogens (primary N) is 1. The number of aliphatic hydroxyl groups excluding tert-OH is 1. The SMILES string of the molecule is NC1CN(Cc2ccccc2)CC1O. The molecule has 2 atom stereocenters. The Bertz CT molecular complexity index is 279. The molecule has 3 nitrogen and oxygen atoms in total. The minimum atomic E-state index is -0.362. The Morgan fingerprint density at radius 1 is 1.29 bits per heavy atom. The van der Waals surface area contributed by atoms with Crippen LogP contribution in [0.25, 0.3) is 0 Å². The van der Waals surface area contributed by atoms with Crippen LogP contribution in [0.15, 0.2) is 30.3 Å². The average Bonchev–Trinajstić information content (AvgIpc) is 2.47. The van der Waals surface area contributed by atoms with Crippen LogP contribution in [0.4, 0.5) is 0 Å². The Morgan fingerprint density at radius 3 is 2.57 bits per heavy atom. The smallest absolute Gasteiger partial charge is 0.0830 e. The lowest BCUT2D eigenvalue weighted by atomic mass is 10.2. The van der Waals surface area contributed by atoms with Crippen LogP contribution in [0.5, 0.6) is 0 Å². The Kier molecular flexibility index (Phi) is 2.82. The number of β-amino-alcohol motifs (C(OH)–C–C–N with tert-alkyl or cyclic N) is 1. The van der Waals surface area contributed by atoms with Crippen molar-refractivity contribution in [2.45, 2.75) is 18.7 Å². The second kappa shape index (κ2) is 4.09. The van der Waals surface area contributed by atoms with Gasteiger partial charge in [0.15, 0.2) is 0 Å². The van der Waals surface area contributed by atoms with Gasteiger partial charge in [0.2, 0.25) is 0 Å². The van der Waals surface area contributed by atoms with Gasteiger partial charge in [-0.25, -0.2) is 0 Å². The van der Waals surface area contributed by atoms with Crippen LogP contribution in [0.2, 0.25) is 0 Å². The summed E-state index contributed by atoms with van der Waals surface area (Å²) in [5, 5.41) is 9.48. The van der Waals surface area contributed by atoms with E-state index in [4.69, 9.17) is 5.73 Å². The zero-order chi connectivity index (χ0) is 9.97. The van der Waals surface area contributed by atoms with Gasteiger partial charge in [0, 0.05) is 25.7 Å². The summed E-state index contributed by atoms with van der Waals surface area (Å²) in [6.45, 7) is 2.36. The fourth-order valence-electron chi connectivity index (χ4n) is 1.87. The monoisotopic (exact) mass is 192 g/mol. The maximum absolute atomic E-state index is 9.48. The van der Waals surface area contributed by atoms with Crippen molar-refractivity contribution in [1.29, 1.82) is 0 Å². The Morgan fingerprint density at radius 2 is 2.00 bits per heavy atom. The first kappa shape index (κ1) is 9.65. The zero-order valence-corrected chi connectivity index (χ0v) is 8.13. The number of hydrogen-bond acceptors (Lipinski definition) is 3. The number of likely N-dealkylation sites (tertiary alicyclic amines) is 1. The lowest BCUT2D eigenvalue weighted by molar-refractivity contribution is 0.164. The molecule has 0 amide bonds. The Hall–Kier alpha value is -0.900. The summed E-state index contributed by atoms with van der Waals surface area (Å²) in [7, 11) is 0. The Balaban J connectivity index is 1.94. The van der Waals surface area contributed by atoms with E-state index in [1.165, 1.54) is 5.56 Å². The molecule has 76 valence electrons. The van der Waals surface area contributed by atoms with Crippen molar-refractivity contribution in [2.75, 3.05) is 13.1 Å². The lowest BCUT2D eigenvalue weighted by Gasteiger charge is -2.14. The van der Waals surface area contributed by atoms with Gasteiger partial charge in [-0.3, -0.25) is 4.90 Å². The first-order chi connectivity index (χ1) is 6.75. The van der Waals surface area contributed by atoms with Crippen molar-refractivity contribution in [1.82, 2.24) is 4.90 Å². The molecule has 0 aliphatic carbocycles. The van der Waals surface area contributed by atoms with E-state index in [1.807, 2.05) is 18.2 Å². The van der Waals surface area contributed by atoms with Gasteiger partial charge in [-0.05, 0) is 5.56 Å². The molecule has 14 heavy (non-hydrogen) atoms. The van der Waals surface area contributed by atoms with E-state index in [0.29, 0.717) is 6.54 Å². The van der Waals surface area contributed by atoms with Gasteiger partial charge in [0.25, 0.3) is 0 Å². The first-order valence-corrected chi connectivity index (χ1v) is 4.95. The molecule has 1 aliphatic heterocycles. The van der Waals surface area contributed by atoms with Crippen LogP contribution >= 0.6 is 0 Å². The average molecular weight is 192 g/mol. The van der Waals surface area contributed by atoms with E-state index in [9.17, 15) is 5.11 Å². The highest BCUT2D eigenvalue weighted by molar-refractivity contribution is 5.14. The van der Waals surface area contributed by atoms with Crippen molar-refractivity contribution in [3.63, 3.8) is 0 Å². The molecule has 1 aromatic carbocycles. The third-order valence-electron chi connectivity index (χ3n) is 2.66. The maximum atomic E-state index is 9.48. The number of rotatable bonds is 2. The van der Waals surface area contributed by atoms with Crippen molar-refractivity contribution in [3.05, 3.63) is 35.9 Å². The minimum Gasteiger partial charge on any atom is -0.390 e. The van der Waals surface area contributed by atoms with E-state index >= 15 is 0 Å². The number of hydrogen-bond donors (Lipinski definition) is 2. The van der Waals surface area contributed by atoms with Crippen molar-refractivity contribution in [2.24, 2.45) is 5.73 Å². The van der Waals surface area contributed by atoms with Crippen LogP contribution in [0.3, 0.4) is 0 Å². The standard InChI is InChI=1S/C11H16N2O/c12-10-7-13(8-11(10)14)6-9-4-2-1-3-5-9/h1-5,10-11,14H,6-8,12H2. The summed E-state index contributed by atoms with van der Waals surface area (Å²) in [5.74, 6) is 0. The third-order valence-corrected chi connectivity index (χ3v) is 2.66. The third kappa shape index (κ3) is 2.12. The predicted octanol–water partition coefficient (Wildman–Crippen LogP) is 0.190. The molecular weight excluding hydrogens is 176 g/mol. The molecule has 1 fully saturated rings. The van der Waals surface area contributed by atoms with Gasteiger partial charge in [-0.1, -0.05) is 30.3 Å². The van der Waals surface area contributed by atoms with Gasteiger partial charge < -0.3 is 10.8 Å². The summed E-state index contributed by atoms with van der Waals surface area (Å²) in [6, 6.07) is 10.2. The molecule has 1 aromatic rings. The maximum Gasteiger partial charge on any atom is 0.0830 e. The molecule has 0 bridgehead atoms. The van der Waals surface area contributed by atoms with Crippen LogP contribution in [-0.2, 0) is 6.54 Å². The predicted molar refractivity (Wildman–Crippen MR) is 55.7 cm³/mol. The molecule has 1 aliphatic rings. The number of aliphatic hydroxyl groups is 1. The quantitative estimate of drug-likeness (QED) is 0.703. The number of nitrogens with zero attached hydrogens (tertiary/aromatic N) is 1. The molecule has 0 radical (unpaired) electrons. The molecule has 0 spiro atoms. The zero-order valence-electron chi connectivity index (χ0n) is 8.13. The second-order valence-electron chi connectivity index (χ2n) is 3.91. The van der Waals surface area contributed by atoms with Gasteiger partial charge >= 0.3 is 0 Å². The van der Waals surface area contributed by atoms with Gasteiger partial charge in [0.05, 0.1) is 6.10 Å². The van der Waals surface area contributed by atoms with Crippen LogP contribution in [0.1, 0.15) is 5.56 Å². The largest absolute Gasteiger partial charge is 0.390 e. The van der Waals surface area contributed by atoms with Crippen LogP contribution < -0.4 is 5.73 Å². The summed E-state index contributed by atoms with van der Waals surface area (Å²) in [6.07, 6.45) is -0.362. The lowest BCUT2D eigenvalue weighted by Crippen LogP contribution is -2.32. The van der Waals surface area contributed by atoms with Gasteiger partial charge in [-0.2, -0.15) is 0 Å². The van der Waals surface area contributed by atoms with E-state index in [2.05, 4.69) is 17.0 Å². The van der Waals surface area contributed by atoms with E-state index in [0.717, 1.165) is 13.1 Å². The molecule has 0 aromatic heterocycles. The minimum absolute atomic E-state index is 0.0845. The summed E-state index contributed by atoms with van der Waals surface area (Å²) in [4.78, 5) is 2.19. The number of benzene rings is 1. The summed E-state index contributed by atoms with van der Waals surface area (Å²) < 4.78 is 0. The van der Waals surface area contributed by atoms with E-state index in [-0.39, 0.29) is 12.1 Å².